The zero-order chi connectivity index (χ0) is 25.5. The van der Waals surface area contributed by atoms with Crippen molar-refractivity contribution in [3.8, 4) is 33.9 Å². The predicted molar refractivity (Wildman–Crippen MR) is 153 cm³/mol. The van der Waals surface area contributed by atoms with Crippen molar-refractivity contribution in [1.29, 1.82) is 0 Å². The van der Waals surface area contributed by atoms with E-state index < -0.39 is 5.41 Å². The van der Waals surface area contributed by atoms with Crippen LogP contribution in [0.25, 0.3) is 33.9 Å². The van der Waals surface area contributed by atoms with Gasteiger partial charge in [-0.25, -0.2) is 15.0 Å². The molecule has 180 valence electrons. The van der Waals surface area contributed by atoms with Crippen LogP contribution in [0.3, 0.4) is 0 Å². The van der Waals surface area contributed by atoms with E-state index in [1.54, 1.807) is 0 Å². The molecule has 0 N–H and O–H groups in total. The monoisotopic (exact) mass is 487 g/mol. The molecule has 0 saturated heterocycles. The maximum Gasteiger partial charge on any atom is 0.164 e. The van der Waals surface area contributed by atoms with Crippen LogP contribution in [0, 0.1) is 6.92 Å². The quantitative estimate of drug-likeness (QED) is 0.253. The molecular weight excluding hydrogens is 462 g/mol. The van der Waals surface area contributed by atoms with Gasteiger partial charge in [0.25, 0.3) is 0 Å². The molecule has 0 saturated carbocycles. The predicted octanol–water partition coefficient (Wildman–Crippen LogP) is 7.88. The van der Waals surface area contributed by atoms with Crippen LogP contribution in [-0.2, 0) is 5.41 Å². The van der Waals surface area contributed by atoms with Gasteiger partial charge in [0, 0.05) is 11.1 Å². The van der Waals surface area contributed by atoms with Crippen LogP contribution in [0.5, 0.6) is 0 Å². The molecule has 7 rings (SSSR count). The average molecular weight is 488 g/mol. The van der Waals surface area contributed by atoms with Gasteiger partial charge in [-0.05, 0) is 40.3 Å². The molecular formula is C35H25N3. The van der Waals surface area contributed by atoms with E-state index in [-0.39, 0.29) is 0 Å². The number of aryl methyl sites for hydroxylation is 1. The Balaban J connectivity index is 1.56. The Morgan fingerprint density at radius 1 is 0.447 bits per heavy atom. The van der Waals surface area contributed by atoms with Crippen LogP contribution in [0.2, 0.25) is 0 Å². The topological polar surface area (TPSA) is 38.7 Å². The first-order chi connectivity index (χ1) is 18.8. The summed E-state index contributed by atoms with van der Waals surface area (Å²) in [6.45, 7) is 1.94. The van der Waals surface area contributed by atoms with Gasteiger partial charge in [-0.2, -0.15) is 0 Å². The molecule has 3 heteroatoms. The van der Waals surface area contributed by atoms with E-state index in [0.29, 0.717) is 17.5 Å². The number of aromatic nitrogens is 3. The summed E-state index contributed by atoms with van der Waals surface area (Å²) in [5.41, 5.74) is 8.95. The zero-order valence-electron chi connectivity index (χ0n) is 21.0. The highest BCUT2D eigenvalue weighted by Crippen LogP contribution is 2.57. The molecule has 38 heavy (non-hydrogen) atoms. The highest BCUT2D eigenvalue weighted by molar-refractivity contribution is 5.94. The van der Waals surface area contributed by atoms with E-state index in [4.69, 9.17) is 9.97 Å². The van der Waals surface area contributed by atoms with Crippen molar-refractivity contribution in [2.45, 2.75) is 12.3 Å². The molecule has 0 aliphatic heterocycles. The number of rotatable bonds is 4. The Kier molecular flexibility index (Phi) is 5.22. The van der Waals surface area contributed by atoms with Crippen molar-refractivity contribution in [2.24, 2.45) is 0 Å². The fourth-order valence-corrected chi connectivity index (χ4v) is 6.00. The van der Waals surface area contributed by atoms with E-state index in [0.717, 1.165) is 11.1 Å². The largest absolute Gasteiger partial charge is 0.213 e. The van der Waals surface area contributed by atoms with E-state index in [1.807, 2.05) is 37.3 Å². The van der Waals surface area contributed by atoms with Crippen molar-refractivity contribution in [3.05, 3.63) is 162 Å². The summed E-state index contributed by atoms with van der Waals surface area (Å²) < 4.78 is 0. The van der Waals surface area contributed by atoms with Gasteiger partial charge in [0.2, 0.25) is 0 Å². The lowest BCUT2D eigenvalue weighted by Crippen LogP contribution is -2.28. The van der Waals surface area contributed by atoms with Gasteiger partial charge in [-0.15, -0.1) is 0 Å². The summed E-state index contributed by atoms with van der Waals surface area (Å²) in [4.78, 5) is 14.5. The second kappa shape index (κ2) is 8.89. The van der Waals surface area contributed by atoms with Crippen LogP contribution < -0.4 is 0 Å². The minimum atomic E-state index is -0.450. The number of hydrogen-bond donors (Lipinski definition) is 0. The number of fused-ring (bicyclic) bond motifs is 3. The van der Waals surface area contributed by atoms with Crippen molar-refractivity contribution in [1.82, 2.24) is 15.0 Å². The Labute approximate surface area is 222 Å². The molecule has 0 spiro atoms. The Morgan fingerprint density at radius 3 is 1.66 bits per heavy atom. The van der Waals surface area contributed by atoms with E-state index in [2.05, 4.69) is 108 Å². The standard InChI is InChI=1S/C35H25N3/c1-24-36-33(25-14-5-2-6-15-25)38-34(37-24)29-21-13-23-31-32(29)28-20-11-12-22-30(28)35(31,26-16-7-3-8-17-26)27-18-9-4-10-19-27/h2-23H,1H3. The highest BCUT2D eigenvalue weighted by atomic mass is 15.0. The summed E-state index contributed by atoms with van der Waals surface area (Å²) in [6.07, 6.45) is 0. The Morgan fingerprint density at radius 2 is 0.974 bits per heavy atom. The van der Waals surface area contributed by atoms with E-state index in [9.17, 15) is 0 Å². The lowest BCUT2D eigenvalue weighted by atomic mass is 9.67. The molecule has 1 aliphatic carbocycles. The molecule has 0 fully saturated rings. The van der Waals surface area contributed by atoms with Crippen LogP contribution in [0.15, 0.2) is 133 Å². The lowest BCUT2D eigenvalue weighted by Gasteiger charge is -2.33. The normalized spacial score (nSPS) is 13.1. The van der Waals surface area contributed by atoms with Crippen molar-refractivity contribution in [2.75, 3.05) is 0 Å². The third-order valence-corrected chi connectivity index (χ3v) is 7.50. The first-order valence-corrected chi connectivity index (χ1v) is 12.9. The van der Waals surface area contributed by atoms with Crippen LogP contribution >= 0.6 is 0 Å². The maximum atomic E-state index is 5.00. The number of hydrogen-bond acceptors (Lipinski definition) is 3. The molecule has 3 nitrogen and oxygen atoms in total. The summed E-state index contributed by atoms with van der Waals surface area (Å²) in [5, 5.41) is 0. The fraction of sp³-hybridized carbons (Fsp3) is 0.0571. The third kappa shape index (κ3) is 3.32. The van der Waals surface area contributed by atoms with Gasteiger partial charge in [0.15, 0.2) is 11.6 Å². The van der Waals surface area contributed by atoms with Crippen molar-refractivity contribution < 1.29 is 0 Å². The van der Waals surface area contributed by atoms with Gasteiger partial charge in [0.1, 0.15) is 5.82 Å². The smallest absolute Gasteiger partial charge is 0.164 e. The molecule has 0 amide bonds. The summed E-state index contributed by atoms with van der Waals surface area (Å²) in [7, 11) is 0. The average Bonchev–Trinajstić information content (AvgIpc) is 3.29. The number of nitrogens with zero attached hydrogens (tertiary/aromatic N) is 3. The molecule has 0 bridgehead atoms. The summed E-state index contributed by atoms with van der Waals surface area (Å²) in [5.74, 6) is 2.09. The molecule has 5 aromatic carbocycles. The van der Waals surface area contributed by atoms with Gasteiger partial charge < -0.3 is 0 Å². The van der Waals surface area contributed by atoms with Gasteiger partial charge in [-0.1, -0.05) is 133 Å². The third-order valence-electron chi connectivity index (χ3n) is 7.50. The van der Waals surface area contributed by atoms with E-state index in [1.165, 1.54) is 33.4 Å². The first-order valence-electron chi connectivity index (χ1n) is 12.9. The molecule has 0 unspecified atom stereocenters. The highest BCUT2D eigenvalue weighted by Gasteiger charge is 2.46. The van der Waals surface area contributed by atoms with Crippen molar-refractivity contribution in [3.63, 3.8) is 0 Å². The van der Waals surface area contributed by atoms with E-state index >= 15 is 0 Å². The van der Waals surface area contributed by atoms with Crippen molar-refractivity contribution >= 4 is 0 Å². The molecule has 1 aliphatic rings. The molecule has 1 aromatic heterocycles. The Bertz CT molecular complexity index is 1720. The summed E-state index contributed by atoms with van der Waals surface area (Å²) in [6, 6.07) is 47.1. The second-order valence-electron chi connectivity index (χ2n) is 9.65. The van der Waals surface area contributed by atoms with Gasteiger partial charge >= 0.3 is 0 Å². The minimum absolute atomic E-state index is 0.450. The second-order valence-corrected chi connectivity index (χ2v) is 9.65. The van der Waals surface area contributed by atoms with Crippen LogP contribution in [0.4, 0.5) is 0 Å². The molecule has 6 aromatic rings. The first kappa shape index (κ1) is 22.3. The maximum absolute atomic E-state index is 5.00. The van der Waals surface area contributed by atoms with Gasteiger partial charge in [-0.3, -0.25) is 0 Å². The molecule has 0 atom stereocenters. The SMILES string of the molecule is Cc1nc(-c2ccccc2)nc(-c2cccc3c2-c2ccccc2C3(c2ccccc2)c2ccccc2)n1. The molecule has 0 radical (unpaired) electrons. The minimum Gasteiger partial charge on any atom is -0.213 e. The van der Waals surface area contributed by atoms with Crippen LogP contribution in [0.1, 0.15) is 28.1 Å². The Hall–Kier alpha value is -4.89. The number of benzene rings is 5. The lowest BCUT2D eigenvalue weighted by molar-refractivity contribution is 0.768. The zero-order valence-corrected chi connectivity index (χ0v) is 21.0. The van der Waals surface area contributed by atoms with Crippen LogP contribution in [-0.4, -0.2) is 15.0 Å². The van der Waals surface area contributed by atoms with Gasteiger partial charge in [0.05, 0.1) is 5.41 Å². The molecule has 1 heterocycles. The summed E-state index contributed by atoms with van der Waals surface area (Å²) >= 11 is 0. The fourth-order valence-electron chi connectivity index (χ4n) is 6.00.